The molecule has 1 fully saturated rings. The highest BCUT2D eigenvalue weighted by atomic mass is 16.5. The largest absolute Gasteiger partial charge is 0.381 e. The molecule has 88 valence electrons. The van der Waals surface area contributed by atoms with Gasteiger partial charge in [0, 0.05) is 19.3 Å². The molecule has 0 aliphatic carbocycles. The number of benzene rings is 1. The summed E-state index contributed by atoms with van der Waals surface area (Å²) >= 11 is 0. The van der Waals surface area contributed by atoms with Gasteiger partial charge in [-0.3, -0.25) is 0 Å². The highest BCUT2D eigenvalue weighted by Crippen LogP contribution is 2.30. The smallest absolute Gasteiger partial charge is 0.0469 e. The van der Waals surface area contributed by atoms with Crippen molar-refractivity contribution in [2.75, 3.05) is 13.2 Å². The number of ether oxygens (including phenoxy) is 1. The molecule has 0 bridgehead atoms. The minimum atomic E-state index is 0.170. The molecule has 1 heterocycles. The normalized spacial score (nSPS) is 19.7. The lowest BCUT2D eigenvalue weighted by molar-refractivity contribution is 0.0583. The van der Waals surface area contributed by atoms with Gasteiger partial charge in [-0.1, -0.05) is 23.8 Å². The number of aryl methyl sites for hydroxylation is 2. The van der Waals surface area contributed by atoms with Crippen LogP contribution in [0.1, 0.15) is 35.6 Å². The summed E-state index contributed by atoms with van der Waals surface area (Å²) < 4.78 is 5.38. The van der Waals surface area contributed by atoms with Gasteiger partial charge in [0.25, 0.3) is 0 Å². The third kappa shape index (κ3) is 2.45. The monoisotopic (exact) mass is 219 g/mol. The molecule has 1 aliphatic heterocycles. The van der Waals surface area contributed by atoms with Crippen LogP contribution < -0.4 is 5.73 Å². The highest BCUT2D eigenvalue weighted by molar-refractivity contribution is 5.33. The Labute approximate surface area is 97.8 Å². The van der Waals surface area contributed by atoms with E-state index in [0.29, 0.717) is 5.92 Å². The van der Waals surface area contributed by atoms with Crippen LogP contribution in [0.3, 0.4) is 0 Å². The first-order chi connectivity index (χ1) is 7.68. The Balaban J connectivity index is 2.18. The summed E-state index contributed by atoms with van der Waals surface area (Å²) in [5.41, 5.74) is 10.3. The van der Waals surface area contributed by atoms with Crippen LogP contribution in [0.2, 0.25) is 0 Å². The fourth-order valence-corrected chi connectivity index (χ4v) is 2.45. The first-order valence-electron chi connectivity index (χ1n) is 6.09. The summed E-state index contributed by atoms with van der Waals surface area (Å²) in [6, 6.07) is 6.72. The van der Waals surface area contributed by atoms with Gasteiger partial charge in [-0.2, -0.15) is 0 Å². The number of hydrogen-bond acceptors (Lipinski definition) is 2. The number of rotatable bonds is 2. The zero-order valence-electron chi connectivity index (χ0n) is 10.2. The lowest BCUT2D eigenvalue weighted by Crippen LogP contribution is -2.28. The minimum Gasteiger partial charge on any atom is -0.381 e. The molecule has 0 aromatic heterocycles. The molecule has 2 nitrogen and oxygen atoms in total. The average Bonchev–Trinajstić information content (AvgIpc) is 2.32. The molecule has 0 radical (unpaired) electrons. The van der Waals surface area contributed by atoms with Crippen molar-refractivity contribution in [3.05, 3.63) is 34.9 Å². The summed E-state index contributed by atoms with van der Waals surface area (Å²) in [5, 5.41) is 0. The van der Waals surface area contributed by atoms with E-state index in [1.54, 1.807) is 0 Å². The van der Waals surface area contributed by atoms with Gasteiger partial charge in [-0.05, 0) is 43.7 Å². The molecule has 2 N–H and O–H groups in total. The van der Waals surface area contributed by atoms with E-state index in [0.717, 1.165) is 26.1 Å². The van der Waals surface area contributed by atoms with Crippen LogP contribution in [0.4, 0.5) is 0 Å². The van der Waals surface area contributed by atoms with Gasteiger partial charge in [0.05, 0.1) is 0 Å². The second kappa shape index (κ2) is 4.98. The Morgan fingerprint density at radius 3 is 2.62 bits per heavy atom. The molecule has 0 amide bonds. The van der Waals surface area contributed by atoms with E-state index in [4.69, 9.17) is 10.5 Å². The quantitative estimate of drug-likeness (QED) is 0.830. The molecule has 1 aromatic rings. The SMILES string of the molecule is Cc1ccc(C)c([C@@H](N)C2CCOCC2)c1. The fourth-order valence-electron chi connectivity index (χ4n) is 2.45. The van der Waals surface area contributed by atoms with E-state index in [-0.39, 0.29) is 6.04 Å². The van der Waals surface area contributed by atoms with Crippen molar-refractivity contribution in [2.24, 2.45) is 11.7 Å². The molecule has 2 rings (SSSR count). The summed E-state index contributed by atoms with van der Waals surface area (Å²) in [5.74, 6) is 0.578. The summed E-state index contributed by atoms with van der Waals surface area (Å²) in [6.07, 6.45) is 2.18. The van der Waals surface area contributed by atoms with Gasteiger partial charge in [0.2, 0.25) is 0 Å². The maximum atomic E-state index is 6.38. The second-order valence-corrected chi connectivity index (χ2v) is 4.84. The van der Waals surface area contributed by atoms with E-state index >= 15 is 0 Å². The van der Waals surface area contributed by atoms with Crippen molar-refractivity contribution >= 4 is 0 Å². The van der Waals surface area contributed by atoms with Gasteiger partial charge < -0.3 is 10.5 Å². The standard InChI is InChI=1S/C14H21NO/c1-10-3-4-11(2)13(9-10)14(15)12-5-7-16-8-6-12/h3-4,9,12,14H,5-8,15H2,1-2H3/t14-/m0/s1. The molecule has 1 aromatic carbocycles. The molecule has 16 heavy (non-hydrogen) atoms. The highest BCUT2D eigenvalue weighted by Gasteiger charge is 2.23. The zero-order valence-corrected chi connectivity index (χ0v) is 10.2. The lowest BCUT2D eigenvalue weighted by Gasteiger charge is -2.29. The van der Waals surface area contributed by atoms with Gasteiger partial charge in [-0.15, -0.1) is 0 Å². The summed E-state index contributed by atoms with van der Waals surface area (Å²) in [4.78, 5) is 0. The maximum absolute atomic E-state index is 6.38. The van der Waals surface area contributed by atoms with Crippen LogP contribution in [0.25, 0.3) is 0 Å². The molecule has 1 saturated heterocycles. The van der Waals surface area contributed by atoms with Crippen molar-refractivity contribution in [1.29, 1.82) is 0 Å². The Kier molecular flexibility index (Phi) is 3.62. The Hall–Kier alpha value is -0.860. The van der Waals surface area contributed by atoms with E-state index in [2.05, 4.69) is 32.0 Å². The molecule has 1 atom stereocenters. The van der Waals surface area contributed by atoms with E-state index in [9.17, 15) is 0 Å². The third-order valence-electron chi connectivity index (χ3n) is 3.57. The van der Waals surface area contributed by atoms with Crippen molar-refractivity contribution in [2.45, 2.75) is 32.7 Å². The molecular weight excluding hydrogens is 198 g/mol. The molecule has 2 heteroatoms. The van der Waals surface area contributed by atoms with Crippen molar-refractivity contribution in [1.82, 2.24) is 0 Å². The van der Waals surface area contributed by atoms with E-state index in [1.807, 2.05) is 0 Å². The van der Waals surface area contributed by atoms with Crippen molar-refractivity contribution in [3.63, 3.8) is 0 Å². The first-order valence-corrected chi connectivity index (χ1v) is 6.09. The molecular formula is C14H21NO. The van der Waals surface area contributed by atoms with Crippen molar-refractivity contribution in [3.8, 4) is 0 Å². The Morgan fingerprint density at radius 1 is 1.25 bits per heavy atom. The van der Waals surface area contributed by atoms with Crippen LogP contribution in [-0.2, 0) is 4.74 Å². The number of hydrogen-bond donors (Lipinski definition) is 1. The summed E-state index contributed by atoms with van der Waals surface area (Å²) in [6.45, 7) is 6.00. The molecule has 1 aliphatic rings. The van der Waals surface area contributed by atoms with Gasteiger partial charge >= 0.3 is 0 Å². The average molecular weight is 219 g/mol. The molecule has 0 saturated carbocycles. The first kappa shape index (κ1) is 11.6. The molecule has 0 spiro atoms. The van der Waals surface area contributed by atoms with Gasteiger partial charge in [0.1, 0.15) is 0 Å². The van der Waals surface area contributed by atoms with Gasteiger partial charge in [-0.25, -0.2) is 0 Å². The Bertz CT molecular complexity index is 356. The van der Waals surface area contributed by atoms with Crippen LogP contribution >= 0.6 is 0 Å². The van der Waals surface area contributed by atoms with Crippen molar-refractivity contribution < 1.29 is 4.74 Å². The van der Waals surface area contributed by atoms with Crippen LogP contribution in [0.5, 0.6) is 0 Å². The predicted octanol–water partition coefficient (Wildman–Crippen LogP) is 2.73. The van der Waals surface area contributed by atoms with E-state index < -0.39 is 0 Å². The fraction of sp³-hybridized carbons (Fsp3) is 0.571. The van der Waals surface area contributed by atoms with Gasteiger partial charge in [0.15, 0.2) is 0 Å². The Morgan fingerprint density at radius 2 is 1.94 bits per heavy atom. The topological polar surface area (TPSA) is 35.2 Å². The van der Waals surface area contributed by atoms with Crippen LogP contribution in [-0.4, -0.2) is 13.2 Å². The predicted molar refractivity (Wildman–Crippen MR) is 66.4 cm³/mol. The second-order valence-electron chi connectivity index (χ2n) is 4.84. The molecule has 0 unspecified atom stereocenters. The summed E-state index contributed by atoms with van der Waals surface area (Å²) in [7, 11) is 0. The minimum absolute atomic E-state index is 0.170. The lowest BCUT2D eigenvalue weighted by atomic mass is 9.85. The third-order valence-corrected chi connectivity index (χ3v) is 3.57. The van der Waals surface area contributed by atoms with E-state index in [1.165, 1.54) is 16.7 Å². The van der Waals surface area contributed by atoms with Crippen LogP contribution in [0.15, 0.2) is 18.2 Å². The zero-order chi connectivity index (χ0) is 11.5. The number of nitrogens with two attached hydrogens (primary N) is 1. The van der Waals surface area contributed by atoms with Crippen LogP contribution in [0, 0.1) is 19.8 Å². The maximum Gasteiger partial charge on any atom is 0.0469 e.